The summed E-state index contributed by atoms with van der Waals surface area (Å²) in [7, 11) is 0. The van der Waals surface area contributed by atoms with Gasteiger partial charge in [-0.2, -0.15) is 0 Å². The Bertz CT molecular complexity index is 1020. The number of carbonyl (C=O) groups excluding carboxylic acids is 1. The molecule has 1 amide bonds. The predicted molar refractivity (Wildman–Crippen MR) is 117 cm³/mol. The van der Waals surface area contributed by atoms with E-state index in [0.717, 1.165) is 40.6 Å². The van der Waals surface area contributed by atoms with Crippen LogP contribution in [0.15, 0.2) is 53.7 Å². The zero-order valence-electron chi connectivity index (χ0n) is 16.8. The second-order valence-corrected chi connectivity index (χ2v) is 8.44. The van der Waals surface area contributed by atoms with Gasteiger partial charge in [0.2, 0.25) is 11.1 Å². The topological polar surface area (TPSA) is 71.8 Å². The summed E-state index contributed by atoms with van der Waals surface area (Å²) in [4.78, 5) is 13.3. The van der Waals surface area contributed by atoms with E-state index in [-0.39, 0.29) is 17.2 Å². The molecule has 1 aromatic heterocycles. The first-order valence-corrected chi connectivity index (χ1v) is 10.8. The highest BCUT2D eigenvalue weighted by Gasteiger charge is 2.37. The Balaban J connectivity index is 1.65. The molecule has 0 saturated carbocycles. The van der Waals surface area contributed by atoms with Crippen LogP contribution in [0.25, 0.3) is 0 Å². The van der Waals surface area contributed by atoms with Crippen LogP contribution in [0.3, 0.4) is 0 Å². The number of benzene rings is 2. The van der Waals surface area contributed by atoms with Gasteiger partial charge in [0, 0.05) is 12.1 Å². The van der Waals surface area contributed by atoms with Crippen LogP contribution in [0.4, 0.5) is 5.69 Å². The number of amides is 1. The van der Waals surface area contributed by atoms with E-state index in [2.05, 4.69) is 34.8 Å². The van der Waals surface area contributed by atoms with Crippen molar-refractivity contribution in [1.82, 2.24) is 14.9 Å². The van der Waals surface area contributed by atoms with E-state index in [1.54, 1.807) is 0 Å². The molecule has 0 fully saturated rings. The first-order valence-electron chi connectivity index (χ1n) is 9.87. The van der Waals surface area contributed by atoms with Gasteiger partial charge in [-0.25, -0.2) is 4.68 Å². The van der Waals surface area contributed by atoms with Gasteiger partial charge < -0.3 is 10.7 Å². The van der Waals surface area contributed by atoms with E-state index in [1.165, 1.54) is 17.3 Å². The van der Waals surface area contributed by atoms with Crippen LogP contribution in [0.1, 0.15) is 41.9 Å². The molecule has 0 saturated heterocycles. The van der Waals surface area contributed by atoms with Crippen molar-refractivity contribution in [1.29, 1.82) is 0 Å². The van der Waals surface area contributed by atoms with Gasteiger partial charge in [-0.15, -0.1) is 10.2 Å². The standard InChI is InChI=1S/C22H25N5OS/c1-4-8-18-24-25-22-27(18)26-19(16-9-6-5-7-10-16)20(29-22)21(28)23-17-12-11-14(2)15(3)13-17/h5-7,9-13,19-20,26H,4,8H2,1-3H3,(H,23,28)/t19-,20-/m1/s1. The summed E-state index contributed by atoms with van der Waals surface area (Å²) in [6.45, 7) is 6.23. The van der Waals surface area contributed by atoms with Crippen molar-refractivity contribution in [2.75, 3.05) is 10.7 Å². The molecular weight excluding hydrogens is 382 g/mol. The molecule has 150 valence electrons. The number of nitrogens with one attached hydrogen (secondary N) is 2. The fourth-order valence-corrected chi connectivity index (χ4v) is 4.53. The van der Waals surface area contributed by atoms with Crippen LogP contribution in [0.2, 0.25) is 0 Å². The minimum Gasteiger partial charge on any atom is -0.325 e. The summed E-state index contributed by atoms with van der Waals surface area (Å²) in [5.41, 5.74) is 7.72. The molecule has 6 nitrogen and oxygen atoms in total. The third kappa shape index (κ3) is 4.00. The van der Waals surface area contributed by atoms with Crippen molar-refractivity contribution in [3.63, 3.8) is 0 Å². The highest BCUT2D eigenvalue weighted by atomic mass is 32.2. The quantitative estimate of drug-likeness (QED) is 0.662. The molecule has 0 radical (unpaired) electrons. The Kier molecular flexibility index (Phi) is 5.58. The van der Waals surface area contributed by atoms with Crippen LogP contribution < -0.4 is 10.7 Å². The van der Waals surface area contributed by atoms with E-state index in [9.17, 15) is 4.79 Å². The van der Waals surface area contributed by atoms with Gasteiger partial charge in [-0.1, -0.05) is 55.1 Å². The molecule has 1 aliphatic rings. The smallest absolute Gasteiger partial charge is 0.240 e. The number of hydrogen-bond acceptors (Lipinski definition) is 5. The number of aryl methyl sites for hydroxylation is 3. The average Bonchev–Trinajstić information content (AvgIpc) is 3.13. The number of aromatic nitrogens is 3. The van der Waals surface area contributed by atoms with Crippen molar-refractivity contribution in [3.05, 3.63) is 71.0 Å². The SMILES string of the molecule is CCCc1nnc2n1N[C@H](c1ccccc1)[C@H](C(=O)Nc1ccc(C)c(C)c1)S2. The largest absolute Gasteiger partial charge is 0.325 e. The van der Waals surface area contributed by atoms with Gasteiger partial charge >= 0.3 is 0 Å². The fraction of sp³-hybridized carbons (Fsp3) is 0.318. The number of fused-ring (bicyclic) bond motifs is 1. The average molecular weight is 408 g/mol. The summed E-state index contributed by atoms with van der Waals surface area (Å²) in [6, 6.07) is 15.9. The Labute approximate surface area is 175 Å². The van der Waals surface area contributed by atoms with Crippen molar-refractivity contribution >= 4 is 23.4 Å². The van der Waals surface area contributed by atoms with Gasteiger partial charge in [0.15, 0.2) is 5.82 Å². The maximum Gasteiger partial charge on any atom is 0.240 e. The minimum absolute atomic E-state index is 0.0501. The first-order chi connectivity index (χ1) is 14.1. The van der Waals surface area contributed by atoms with E-state index < -0.39 is 0 Å². The number of nitrogens with zero attached hydrogens (tertiary/aromatic N) is 3. The van der Waals surface area contributed by atoms with Crippen molar-refractivity contribution in [3.8, 4) is 0 Å². The van der Waals surface area contributed by atoms with E-state index in [0.29, 0.717) is 0 Å². The molecule has 7 heteroatoms. The lowest BCUT2D eigenvalue weighted by atomic mass is 10.0. The van der Waals surface area contributed by atoms with Gasteiger partial charge in [0.05, 0.1) is 6.04 Å². The molecule has 2 N–H and O–H groups in total. The number of hydrogen-bond donors (Lipinski definition) is 2. The van der Waals surface area contributed by atoms with Crippen molar-refractivity contribution in [2.45, 2.75) is 50.1 Å². The lowest BCUT2D eigenvalue weighted by molar-refractivity contribution is -0.116. The van der Waals surface area contributed by atoms with Crippen molar-refractivity contribution < 1.29 is 4.79 Å². The van der Waals surface area contributed by atoms with Gasteiger partial charge in [-0.3, -0.25) is 4.79 Å². The Morgan fingerprint density at radius 3 is 2.66 bits per heavy atom. The van der Waals surface area contributed by atoms with Crippen LogP contribution >= 0.6 is 11.8 Å². The summed E-state index contributed by atoms with van der Waals surface area (Å²) >= 11 is 1.46. The lowest BCUT2D eigenvalue weighted by Gasteiger charge is -2.33. The third-order valence-electron chi connectivity index (χ3n) is 5.17. The summed E-state index contributed by atoms with van der Waals surface area (Å²) in [5.74, 6) is 0.842. The molecule has 4 rings (SSSR count). The number of anilines is 1. The Morgan fingerprint density at radius 1 is 1.14 bits per heavy atom. The molecule has 0 unspecified atom stereocenters. The van der Waals surface area contributed by atoms with Crippen LogP contribution in [-0.4, -0.2) is 26.0 Å². The number of thioether (sulfide) groups is 1. The molecule has 0 spiro atoms. The third-order valence-corrected chi connectivity index (χ3v) is 6.38. The number of carbonyl (C=O) groups is 1. The summed E-state index contributed by atoms with van der Waals surface area (Å²) in [5, 5.41) is 12.1. The maximum atomic E-state index is 13.3. The van der Waals surface area contributed by atoms with Crippen LogP contribution in [0.5, 0.6) is 0 Å². The Hall–Kier alpha value is -2.80. The van der Waals surface area contributed by atoms with Crippen molar-refractivity contribution in [2.24, 2.45) is 0 Å². The zero-order valence-corrected chi connectivity index (χ0v) is 17.7. The van der Waals surface area contributed by atoms with E-state index in [4.69, 9.17) is 0 Å². The molecule has 0 aliphatic carbocycles. The molecule has 3 aromatic rings. The molecule has 2 aromatic carbocycles. The second-order valence-electron chi connectivity index (χ2n) is 7.33. The fourth-order valence-electron chi connectivity index (χ4n) is 3.43. The second kappa shape index (κ2) is 8.29. The van der Waals surface area contributed by atoms with Crippen LogP contribution in [0, 0.1) is 13.8 Å². The van der Waals surface area contributed by atoms with E-state index in [1.807, 2.05) is 60.1 Å². The molecule has 1 aliphatic heterocycles. The molecule has 2 atom stereocenters. The Morgan fingerprint density at radius 2 is 1.93 bits per heavy atom. The highest BCUT2D eigenvalue weighted by Crippen LogP contribution is 2.37. The molecule has 0 bridgehead atoms. The lowest BCUT2D eigenvalue weighted by Crippen LogP contribution is -2.41. The van der Waals surface area contributed by atoms with Gasteiger partial charge in [0.25, 0.3) is 0 Å². The summed E-state index contributed by atoms with van der Waals surface area (Å²) in [6.07, 6.45) is 1.82. The first kappa shape index (κ1) is 19.5. The highest BCUT2D eigenvalue weighted by molar-refractivity contribution is 8.00. The zero-order chi connectivity index (χ0) is 20.4. The molecule has 2 heterocycles. The molecule has 29 heavy (non-hydrogen) atoms. The van der Waals surface area contributed by atoms with Gasteiger partial charge in [0.1, 0.15) is 5.25 Å². The summed E-state index contributed by atoms with van der Waals surface area (Å²) < 4.78 is 1.94. The monoisotopic (exact) mass is 407 g/mol. The molecular formula is C22H25N5OS. The predicted octanol–water partition coefficient (Wildman–Crippen LogP) is 4.25. The maximum absolute atomic E-state index is 13.3. The number of rotatable bonds is 5. The minimum atomic E-state index is -0.370. The van der Waals surface area contributed by atoms with Crippen LogP contribution in [-0.2, 0) is 11.2 Å². The normalized spacial score (nSPS) is 18.0. The van der Waals surface area contributed by atoms with Gasteiger partial charge in [-0.05, 0) is 49.1 Å². The van der Waals surface area contributed by atoms with E-state index >= 15 is 0 Å².